The van der Waals surface area contributed by atoms with Gasteiger partial charge in [0.15, 0.2) is 0 Å². The highest BCUT2D eigenvalue weighted by atomic mass is 79.9. The van der Waals surface area contributed by atoms with E-state index in [1.54, 1.807) is 0 Å². The van der Waals surface area contributed by atoms with Gasteiger partial charge in [-0.2, -0.15) is 0 Å². The molecule has 1 saturated heterocycles. The maximum atomic E-state index is 5.91. The zero-order valence-electron chi connectivity index (χ0n) is 11.5. The lowest BCUT2D eigenvalue weighted by Crippen LogP contribution is -2.37. The largest absolute Gasteiger partial charge is 0.493 e. The van der Waals surface area contributed by atoms with Gasteiger partial charge >= 0.3 is 0 Å². The number of benzene rings is 1. The number of rotatable bonds is 6. The van der Waals surface area contributed by atoms with Gasteiger partial charge in [-0.05, 0) is 25.0 Å². The summed E-state index contributed by atoms with van der Waals surface area (Å²) in [4.78, 5) is 2.44. The monoisotopic (exact) mass is 327 g/mol. The average Bonchev–Trinajstić information content (AvgIpc) is 2.45. The van der Waals surface area contributed by atoms with E-state index in [0.717, 1.165) is 62.5 Å². The molecule has 1 aliphatic heterocycles. The van der Waals surface area contributed by atoms with Crippen LogP contribution in [0.1, 0.15) is 18.9 Å². The normalized spacial score (nSPS) is 16.5. The van der Waals surface area contributed by atoms with Gasteiger partial charge in [-0.15, -0.1) is 0 Å². The average molecular weight is 328 g/mol. The highest BCUT2D eigenvalue weighted by Gasteiger charge is 2.10. The number of hydrogen-bond acceptors (Lipinski definition) is 3. The van der Waals surface area contributed by atoms with Gasteiger partial charge in [-0.3, -0.25) is 4.90 Å². The van der Waals surface area contributed by atoms with Gasteiger partial charge in [0.25, 0.3) is 0 Å². The molecule has 1 aromatic rings. The number of ether oxygens (including phenoxy) is 2. The maximum absolute atomic E-state index is 5.91. The Morgan fingerprint density at radius 3 is 2.84 bits per heavy atom. The lowest BCUT2D eigenvalue weighted by molar-refractivity contribution is 0.0358. The third-order valence-corrected chi connectivity index (χ3v) is 4.15. The van der Waals surface area contributed by atoms with Crippen molar-refractivity contribution in [2.75, 3.05) is 39.5 Å². The first-order valence-electron chi connectivity index (χ1n) is 7.01. The highest BCUT2D eigenvalue weighted by Crippen LogP contribution is 2.27. The second kappa shape index (κ2) is 7.88. The van der Waals surface area contributed by atoms with Crippen LogP contribution >= 0.6 is 15.9 Å². The van der Waals surface area contributed by atoms with Crippen molar-refractivity contribution in [1.29, 1.82) is 0 Å². The van der Waals surface area contributed by atoms with Crippen LogP contribution in [0.4, 0.5) is 0 Å². The first kappa shape index (κ1) is 14.8. The Labute approximate surface area is 124 Å². The van der Waals surface area contributed by atoms with E-state index < -0.39 is 0 Å². The van der Waals surface area contributed by atoms with Gasteiger partial charge in [0.2, 0.25) is 0 Å². The van der Waals surface area contributed by atoms with E-state index in [-0.39, 0.29) is 0 Å². The van der Waals surface area contributed by atoms with Crippen LogP contribution in [0.3, 0.4) is 0 Å². The summed E-state index contributed by atoms with van der Waals surface area (Å²) in [7, 11) is 0. The molecular formula is C15H22BrNO2. The van der Waals surface area contributed by atoms with Crippen molar-refractivity contribution in [2.24, 2.45) is 0 Å². The molecule has 1 aromatic carbocycles. The van der Waals surface area contributed by atoms with E-state index in [1.807, 2.05) is 6.07 Å². The Morgan fingerprint density at radius 1 is 1.32 bits per heavy atom. The molecule has 3 nitrogen and oxygen atoms in total. The maximum Gasteiger partial charge on any atom is 0.123 e. The van der Waals surface area contributed by atoms with E-state index in [0.29, 0.717) is 0 Å². The molecule has 0 unspecified atom stereocenters. The Kier molecular flexibility index (Phi) is 6.14. The molecule has 0 aromatic heterocycles. The molecule has 4 heteroatoms. The van der Waals surface area contributed by atoms with Gasteiger partial charge in [0, 0.05) is 29.7 Å². The fourth-order valence-corrected chi connectivity index (χ4v) is 2.94. The molecule has 0 saturated carbocycles. The van der Waals surface area contributed by atoms with Crippen molar-refractivity contribution >= 4 is 15.9 Å². The SMILES string of the molecule is CCc1c(Br)cccc1OCCCN1CCOCC1. The molecule has 0 spiro atoms. The summed E-state index contributed by atoms with van der Waals surface area (Å²) >= 11 is 3.58. The van der Waals surface area contributed by atoms with Crippen LogP contribution < -0.4 is 4.74 Å². The number of nitrogens with zero attached hydrogens (tertiary/aromatic N) is 1. The van der Waals surface area contributed by atoms with Crippen molar-refractivity contribution in [2.45, 2.75) is 19.8 Å². The van der Waals surface area contributed by atoms with Crippen LogP contribution in [0.25, 0.3) is 0 Å². The van der Waals surface area contributed by atoms with Crippen LogP contribution in [0, 0.1) is 0 Å². The summed E-state index contributed by atoms with van der Waals surface area (Å²) in [6.07, 6.45) is 2.05. The van der Waals surface area contributed by atoms with Crippen LogP contribution in [0.2, 0.25) is 0 Å². The minimum absolute atomic E-state index is 0.779. The van der Waals surface area contributed by atoms with Gasteiger partial charge in [0.1, 0.15) is 5.75 Å². The third-order valence-electron chi connectivity index (χ3n) is 3.41. The van der Waals surface area contributed by atoms with Gasteiger partial charge in [0.05, 0.1) is 19.8 Å². The topological polar surface area (TPSA) is 21.7 Å². The molecule has 0 bridgehead atoms. The number of halogens is 1. The smallest absolute Gasteiger partial charge is 0.123 e. The molecule has 0 N–H and O–H groups in total. The van der Waals surface area contributed by atoms with Crippen molar-refractivity contribution in [3.8, 4) is 5.75 Å². The molecule has 0 atom stereocenters. The molecule has 0 radical (unpaired) electrons. The van der Waals surface area contributed by atoms with E-state index in [2.05, 4.69) is 39.9 Å². The van der Waals surface area contributed by atoms with E-state index in [9.17, 15) is 0 Å². The Hall–Kier alpha value is -0.580. The molecule has 0 aliphatic carbocycles. The Balaban J connectivity index is 1.74. The molecule has 106 valence electrons. The predicted molar refractivity (Wildman–Crippen MR) is 80.9 cm³/mol. The van der Waals surface area contributed by atoms with Gasteiger partial charge in [-0.1, -0.05) is 28.9 Å². The van der Waals surface area contributed by atoms with Crippen LogP contribution in [0.5, 0.6) is 5.75 Å². The van der Waals surface area contributed by atoms with E-state index >= 15 is 0 Å². The van der Waals surface area contributed by atoms with Crippen LogP contribution in [-0.2, 0) is 11.2 Å². The first-order valence-corrected chi connectivity index (χ1v) is 7.81. The predicted octanol–water partition coefficient (Wildman–Crippen LogP) is 3.11. The zero-order valence-corrected chi connectivity index (χ0v) is 13.1. The third kappa shape index (κ3) is 4.48. The second-order valence-corrected chi connectivity index (χ2v) is 5.58. The summed E-state index contributed by atoms with van der Waals surface area (Å²) in [5.41, 5.74) is 1.26. The summed E-state index contributed by atoms with van der Waals surface area (Å²) in [6.45, 7) is 7.87. The van der Waals surface area contributed by atoms with Crippen molar-refractivity contribution in [1.82, 2.24) is 4.90 Å². The Morgan fingerprint density at radius 2 is 2.11 bits per heavy atom. The Bertz CT molecular complexity index is 392. The van der Waals surface area contributed by atoms with Crippen molar-refractivity contribution in [3.63, 3.8) is 0 Å². The minimum atomic E-state index is 0.779. The quantitative estimate of drug-likeness (QED) is 0.749. The molecular weight excluding hydrogens is 306 g/mol. The van der Waals surface area contributed by atoms with E-state index in [4.69, 9.17) is 9.47 Å². The molecule has 1 fully saturated rings. The molecule has 1 heterocycles. The second-order valence-electron chi connectivity index (χ2n) is 4.73. The van der Waals surface area contributed by atoms with Crippen molar-refractivity contribution in [3.05, 3.63) is 28.2 Å². The van der Waals surface area contributed by atoms with Crippen LogP contribution in [0.15, 0.2) is 22.7 Å². The minimum Gasteiger partial charge on any atom is -0.493 e. The molecule has 1 aliphatic rings. The van der Waals surface area contributed by atoms with E-state index in [1.165, 1.54) is 5.56 Å². The number of morpholine rings is 1. The first-order chi connectivity index (χ1) is 9.31. The summed E-state index contributed by atoms with van der Waals surface area (Å²) in [5.74, 6) is 1.01. The summed E-state index contributed by atoms with van der Waals surface area (Å²) < 4.78 is 12.4. The fraction of sp³-hybridized carbons (Fsp3) is 0.600. The lowest BCUT2D eigenvalue weighted by Gasteiger charge is -2.26. The molecule has 2 rings (SSSR count). The highest BCUT2D eigenvalue weighted by molar-refractivity contribution is 9.10. The van der Waals surface area contributed by atoms with Crippen molar-refractivity contribution < 1.29 is 9.47 Å². The zero-order chi connectivity index (χ0) is 13.5. The summed E-state index contributed by atoms with van der Waals surface area (Å²) in [6, 6.07) is 6.15. The van der Waals surface area contributed by atoms with Gasteiger partial charge in [-0.25, -0.2) is 0 Å². The molecule has 19 heavy (non-hydrogen) atoms. The summed E-state index contributed by atoms with van der Waals surface area (Å²) in [5, 5.41) is 0. The molecule has 0 amide bonds. The fourth-order valence-electron chi connectivity index (χ4n) is 2.31. The lowest BCUT2D eigenvalue weighted by atomic mass is 10.1. The van der Waals surface area contributed by atoms with Crippen LogP contribution in [-0.4, -0.2) is 44.4 Å². The number of hydrogen-bond donors (Lipinski definition) is 0. The standard InChI is InChI=1S/C15H22BrNO2/c1-2-13-14(16)5-3-6-15(13)19-10-4-7-17-8-11-18-12-9-17/h3,5-6H,2,4,7-12H2,1H3. The van der Waals surface area contributed by atoms with Gasteiger partial charge < -0.3 is 9.47 Å².